The van der Waals surface area contributed by atoms with Gasteiger partial charge in [0.05, 0.1) is 23.1 Å². The van der Waals surface area contributed by atoms with Crippen LogP contribution < -0.4 is 10.6 Å². The van der Waals surface area contributed by atoms with Crippen LogP contribution in [0.15, 0.2) is 35.5 Å². The number of carbonyl (C=O) groups is 2. The van der Waals surface area contributed by atoms with Crippen molar-refractivity contribution in [2.45, 2.75) is 13.0 Å². The number of nitrogens with zero attached hydrogens (tertiary/aromatic N) is 1. The molecular formula is C14H14BrN3O5. The van der Waals surface area contributed by atoms with E-state index in [9.17, 15) is 19.7 Å². The van der Waals surface area contributed by atoms with Gasteiger partial charge in [-0.1, -0.05) is 15.9 Å². The van der Waals surface area contributed by atoms with Crippen molar-refractivity contribution in [1.29, 1.82) is 0 Å². The fourth-order valence-electron chi connectivity index (χ4n) is 2.21. The van der Waals surface area contributed by atoms with Gasteiger partial charge in [-0.3, -0.25) is 10.1 Å². The lowest BCUT2D eigenvalue weighted by molar-refractivity contribution is -0.384. The van der Waals surface area contributed by atoms with E-state index in [-0.39, 0.29) is 23.2 Å². The maximum Gasteiger partial charge on any atom is 0.338 e. The van der Waals surface area contributed by atoms with Crippen molar-refractivity contribution < 1.29 is 19.2 Å². The maximum atomic E-state index is 12.2. The third-order valence-electron chi connectivity index (χ3n) is 3.22. The quantitative estimate of drug-likeness (QED) is 0.350. The third-order valence-corrected chi connectivity index (χ3v) is 3.78. The number of benzene rings is 1. The van der Waals surface area contributed by atoms with Crippen LogP contribution in [0, 0.1) is 10.1 Å². The van der Waals surface area contributed by atoms with Crippen molar-refractivity contribution >= 4 is 33.6 Å². The number of hydrogen-bond donors (Lipinski definition) is 2. The number of nitro groups is 1. The molecule has 0 unspecified atom stereocenters. The van der Waals surface area contributed by atoms with E-state index in [1.807, 2.05) is 0 Å². The number of carbonyl (C=O) groups excluding carboxylic acids is 2. The Kier molecular flexibility index (Phi) is 5.32. The molecule has 2 amide bonds. The molecule has 0 saturated heterocycles. The summed E-state index contributed by atoms with van der Waals surface area (Å²) in [6.45, 7) is 1.88. The van der Waals surface area contributed by atoms with Gasteiger partial charge in [-0.05, 0) is 24.6 Å². The minimum atomic E-state index is -0.740. The topological polar surface area (TPSA) is 111 Å². The lowest BCUT2D eigenvalue weighted by Crippen LogP contribution is -2.46. The van der Waals surface area contributed by atoms with Crippen LogP contribution in [0.4, 0.5) is 10.5 Å². The lowest BCUT2D eigenvalue weighted by Gasteiger charge is -2.28. The van der Waals surface area contributed by atoms with Crippen molar-refractivity contribution in [2.75, 3.05) is 11.9 Å². The summed E-state index contributed by atoms with van der Waals surface area (Å²) in [5, 5.41) is 16.2. The van der Waals surface area contributed by atoms with Crippen LogP contribution >= 0.6 is 15.9 Å². The number of non-ortho nitro benzene ring substituents is 1. The second kappa shape index (κ2) is 7.23. The van der Waals surface area contributed by atoms with Gasteiger partial charge in [0.25, 0.3) is 5.69 Å². The van der Waals surface area contributed by atoms with E-state index in [0.717, 1.165) is 0 Å². The third kappa shape index (κ3) is 3.67. The standard InChI is InChI=1S/C14H14BrN3O5/c1-2-23-13(19)11-10(7-15)16-14(20)17-12(11)8-3-5-9(6-4-8)18(21)22/h3-6,12H,2,7H2,1H3,(H2,16,17,20)/t12-/m1/s1. The fraction of sp³-hybridized carbons (Fsp3) is 0.286. The van der Waals surface area contributed by atoms with E-state index in [1.165, 1.54) is 24.3 Å². The molecule has 1 atom stereocenters. The predicted octanol–water partition coefficient (Wildman–Crippen LogP) is 2.16. The van der Waals surface area contributed by atoms with Crippen LogP contribution in [-0.4, -0.2) is 28.9 Å². The second-order valence-electron chi connectivity index (χ2n) is 4.63. The van der Waals surface area contributed by atoms with Crippen LogP contribution in [0.3, 0.4) is 0 Å². The van der Waals surface area contributed by atoms with Crippen LogP contribution in [0.2, 0.25) is 0 Å². The Bertz CT molecular complexity index is 671. The molecule has 8 nitrogen and oxygen atoms in total. The van der Waals surface area contributed by atoms with Crippen molar-refractivity contribution in [3.05, 3.63) is 51.2 Å². The number of nitrogens with one attached hydrogen (secondary N) is 2. The van der Waals surface area contributed by atoms with E-state index in [1.54, 1.807) is 6.92 Å². The number of urea groups is 1. The normalized spacial score (nSPS) is 17.3. The highest BCUT2D eigenvalue weighted by Gasteiger charge is 2.33. The van der Waals surface area contributed by atoms with Gasteiger partial charge in [0, 0.05) is 23.2 Å². The number of hydrogen-bond acceptors (Lipinski definition) is 5. The number of alkyl halides is 1. The van der Waals surface area contributed by atoms with Gasteiger partial charge >= 0.3 is 12.0 Å². The second-order valence-corrected chi connectivity index (χ2v) is 5.19. The van der Waals surface area contributed by atoms with E-state index >= 15 is 0 Å². The molecule has 0 fully saturated rings. The highest BCUT2D eigenvalue weighted by molar-refractivity contribution is 9.09. The van der Waals surface area contributed by atoms with Crippen LogP contribution in [0.5, 0.6) is 0 Å². The largest absolute Gasteiger partial charge is 0.463 e. The molecule has 0 aliphatic carbocycles. The average Bonchev–Trinajstić information content (AvgIpc) is 2.54. The van der Waals surface area contributed by atoms with E-state index in [0.29, 0.717) is 11.3 Å². The Labute approximate surface area is 140 Å². The van der Waals surface area contributed by atoms with Crippen molar-refractivity contribution in [2.24, 2.45) is 0 Å². The number of allylic oxidation sites excluding steroid dienone is 1. The minimum absolute atomic E-state index is 0.0728. The molecule has 122 valence electrons. The number of ether oxygens (including phenoxy) is 1. The SMILES string of the molecule is CCOC(=O)C1=C(CBr)NC(=O)N[C@@H]1c1ccc([N+](=O)[O-])cc1. The summed E-state index contributed by atoms with van der Waals surface area (Å²) >= 11 is 3.23. The molecule has 1 heterocycles. The Morgan fingerprint density at radius 3 is 2.57 bits per heavy atom. The molecule has 9 heteroatoms. The number of esters is 1. The molecule has 1 aromatic rings. The molecule has 1 aromatic carbocycles. The summed E-state index contributed by atoms with van der Waals surface area (Å²) in [6, 6.07) is 4.44. The monoisotopic (exact) mass is 383 g/mol. The van der Waals surface area contributed by atoms with Crippen LogP contribution in [0.1, 0.15) is 18.5 Å². The van der Waals surface area contributed by atoms with Crippen molar-refractivity contribution in [3.63, 3.8) is 0 Å². The van der Waals surface area contributed by atoms with Crippen LogP contribution in [0.25, 0.3) is 0 Å². The predicted molar refractivity (Wildman–Crippen MR) is 85.0 cm³/mol. The Morgan fingerprint density at radius 1 is 1.39 bits per heavy atom. The van der Waals surface area contributed by atoms with Crippen molar-refractivity contribution in [1.82, 2.24) is 10.6 Å². The molecule has 2 N–H and O–H groups in total. The summed E-state index contributed by atoms with van der Waals surface area (Å²) in [7, 11) is 0. The highest BCUT2D eigenvalue weighted by Crippen LogP contribution is 2.29. The summed E-state index contributed by atoms with van der Waals surface area (Å²) in [5.74, 6) is -0.558. The summed E-state index contributed by atoms with van der Waals surface area (Å²) in [5.41, 5.74) is 1.14. The molecule has 0 saturated carbocycles. The Balaban J connectivity index is 2.45. The zero-order valence-electron chi connectivity index (χ0n) is 12.2. The first-order chi connectivity index (χ1) is 11.0. The lowest BCUT2D eigenvalue weighted by atomic mass is 9.95. The van der Waals surface area contributed by atoms with E-state index in [2.05, 4.69) is 26.6 Å². The molecular weight excluding hydrogens is 370 g/mol. The smallest absolute Gasteiger partial charge is 0.338 e. The number of nitro benzene ring substituents is 1. The molecule has 0 aromatic heterocycles. The first-order valence-electron chi connectivity index (χ1n) is 6.76. The molecule has 23 heavy (non-hydrogen) atoms. The minimum Gasteiger partial charge on any atom is -0.463 e. The fourth-order valence-corrected chi connectivity index (χ4v) is 2.65. The molecule has 2 rings (SSSR count). The molecule has 1 aliphatic heterocycles. The van der Waals surface area contributed by atoms with Gasteiger partial charge in [-0.2, -0.15) is 0 Å². The van der Waals surface area contributed by atoms with Gasteiger partial charge in [-0.15, -0.1) is 0 Å². The summed E-state index contributed by atoms with van der Waals surface area (Å²) < 4.78 is 5.05. The summed E-state index contributed by atoms with van der Waals surface area (Å²) in [6.07, 6.45) is 0. The molecule has 0 bridgehead atoms. The number of rotatable bonds is 5. The van der Waals surface area contributed by atoms with Gasteiger partial charge < -0.3 is 15.4 Å². The molecule has 0 radical (unpaired) electrons. The van der Waals surface area contributed by atoms with Crippen molar-refractivity contribution in [3.8, 4) is 0 Å². The summed E-state index contributed by atoms with van der Waals surface area (Å²) in [4.78, 5) is 34.2. The molecule has 1 aliphatic rings. The zero-order chi connectivity index (χ0) is 17.0. The zero-order valence-corrected chi connectivity index (χ0v) is 13.8. The first-order valence-corrected chi connectivity index (χ1v) is 7.88. The van der Waals surface area contributed by atoms with Gasteiger partial charge in [0.1, 0.15) is 0 Å². The maximum absolute atomic E-state index is 12.2. The molecule has 0 spiro atoms. The average molecular weight is 384 g/mol. The van der Waals surface area contributed by atoms with Gasteiger partial charge in [-0.25, -0.2) is 9.59 Å². The van der Waals surface area contributed by atoms with Crippen LogP contribution in [-0.2, 0) is 9.53 Å². The number of halogens is 1. The first kappa shape index (κ1) is 16.9. The van der Waals surface area contributed by atoms with E-state index < -0.39 is 23.0 Å². The van der Waals surface area contributed by atoms with E-state index in [4.69, 9.17) is 4.74 Å². The van der Waals surface area contributed by atoms with Gasteiger partial charge in [0.15, 0.2) is 0 Å². The number of amides is 2. The Morgan fingerprint density at radius 2 is 2.04 bits per heavy atom. The highest BCUT2D eigenvalue weighted by atomic mass is 79.9. The Hall–Kier alpha value is -2.42. The van der Waals surface area contributed by atoms with Gasteiger partial charge in [0.2, 0.25) is 0 Å².